The Morgan fingerprint density at radius 3 is 3.07 bits per heavy atom. The van der Waals surface area contributed by atoms with Crippen LogP contribution in [0.1, 0.15) is 12.8 Å². The van der Waals surface area contributed by atoms with Gasteiger partial charge in [0.1, 0.15) is 5.82 Å². The highest BCUT2D eigenvalue weighted by Crippen LogP contribution is 2.08. The molecule has 2 rings (SSSR count). The van der Waals surface area contributed by atoms with Crippen molar-refractivity contribution in [1.82, 2.24) is 15.5 Å². The van der Waals surface area contributed by atoms with Gasteiger partial charge in [-0.05, 0) is 31.5 Å². The highest BCUT2D eigenvalue weighted by Gasteiger charge is 2.13. The van der Waals surface area contributed by atoms with E-state index in [1.54, 1.807) is 6.07 Å². The molecule has 2 heterocycles. The lowest BCUT2D eigenvalue weighted by molar-refractivity contribution is 0.632. The lowest BCUT2D eigenvalue weighted by Crippen LogP contribution is -2.29. The Morgan fingerprint density at radius 2 is 2.43 bits per heavy atom. The minimum atomic E-state index is 0.426. The van der Waals surface area contributed by atoms with Gasteiger partial charge in [0.15, 0.2) is 5.15 Å². The molecule has 2 N–H and O–H groups in total. The smallest absolute Gasteiger partial charge is 0.151 e. The van der Waals surface area contributed by atoms with Crippen LogP contribution in [0.25, 0.3) is 0 Å². The van der Waals surface area contributed by atoms with Crippen LogP contribution in [0.15, 0.2) is 12.1 Å². The number of rotatable bonds is 3. The molecule has 0 aromatic carbocycles. The molecule has 0 amide bonds. The van der Waals surface area contributed by atoms with Crippen LogP contribution in [0, 0.1) is 0 Å². The van der Waals surface area contributed by atoms with Gasteiger partial charge in [0.05, 0.1) is 0 Å². The summed E-state index contributed by atoms with van der Waals surface area (Å²) in [6.45, 7) is 2.02. The molecule has 1 aromatic heterocycles. The van der Waals surface area contributed by atoms with Gasteiger partial charge < -0.3 is 10.6 Å². The van der Waals surface area contributed by atoms with Crippen LogP contribution in [-0.4, -0.2) is 29.3 Å². The summed E-state index contributed by atoms with van der Waals surface area (Å²) >= 11 is 5.63. The maximum absolute atomic E-state index is 5.63. The Kier molecular flexibility index (Phi) is 3.16. The molecule has 4 nitrogen and oxygen atoms in total. The topological polar surface area (TPSA) is 49.8 Å². The molecule has 76 valence electrons. The van der Waals surface area contributed by atoms with E-state index in [9.17, 15) is 0 Å². The van der Waals surface area contributed by atoms with Gasteiger partial charge in [-0.3, -0.25) is 0 Å². The third-order valence-electron chi connectivity index (χ3n) is 2.32. The Bertz CT molecular complexity index is 281. The van der Waals surface area contributed by atoms with Gasteiger partial charge in [-0.15, -0.1) is 10.2 Å². The van der Waals surface area contributed by atoms with E-state index in [1.165, 1.54) is 12.8 Å². The molecule has 0 spiro atoms. The fourth-order valence-corrected chi connectivity index (χ4v) is 1.67. The molecule has 1 aliphatic heterocycles. The van der Waals surface area contributed by atoms with Crippen molar-refractivity contribution in [2.45, 2.75) is 18.9 Å². The first kappa shape index (κ1) is 9.68. The number of hydrogen-bond donors (Lipinski definition) is 2. The van der Waals surface area contributed by atoms with Crippen molar-refractivity contribution in [3.05, 3.63) is 17.3 Å². The van der Waals surface area contributed by atoms with Gasteiger partial charge >= 0.3 is 0 Å². The first-order valence-corrected chi connectivity index (χ1v) is 5.19. The molecule has 0 radical (unpaired) electrons. The van der Waals surface area contributed by atoms with Crippen molar-refractivity contribution in [2.75, 3.05) is 18.4 Å². The first-order chi connectivity index (χ1) is 6.84. The molecule has 1 saturated heterocycles. The largest absolute Gasteiger partial charge is 0.367 e. The van der Waals surface area contributed by atoms with E-state index in [0.29, 0.717) is 11.2 Å². The monoisotopic (exact) mass is 212 g/mol. The molecule has 1 aromatic rings. The summed E-state index contributed by atoms with van der Waals surface area (Å²) in [5, 5.41) is 14.7. The quantitative estimate of drug-likeness (QED) is 0.793. The van der Waals surface area contributed by atoms with Gasteiger partial charge in [-0.25, -0.2) is 0 Å². The van der Waals surface area contributed by atoms with E-state index in [-0.39, 0.29) is 0 Å². The summed E-state index contributed by atoms with van der Waals surface area (Å²) in [7, 11) is 0. The zero-order valence-corrected chi connectivity index (χ0v) is 8.59. The molecule has 1 fully saturated rings. The van der Waals surface area contributed by atoms with Crippen molar-refractivity contribution in [3.63, 3.8) is 0 Å². The lowest BCUT2D eigenvalue weighted by Gasteiger charge is -2.10. The molecule has 0 saturated carbocycles. The van der Waals surface area contributed by atoms with E-state index in [2.05, 4.69) is 20.8 Å². The third kappa shape index (κ3) is 2.56. The van der Waals surface area contributed by atoms with E-state index in [4.69, 9.17) is 11.6 Å². The van der Waals surface area contributed by atoms with E-state index in [1.807, 2.05) is 6.07 Å². The average molecular weight is 213 g/mol. The molecule has 0 bridgehead atoms. The highest BCUT2D eigenvalue weighted by molar-refractivity contribution is 6.29. The van der Waals surface area contributed by atoms with Crippen LogP contribution in [-0.2, 0) is 0 Å². The summed E-state index contributed by atoms with van der Waals surface area (Å²) in [5.74, 6) is 0.781. The number of halogens is 1. The minimum Gasteiger partial charge on any atom is -0.367 e. The SMILES string of the molecule is Clc1ccc(NC[C@@H]2CCCN2)nn1. The third-order valence-corrected chi connectivity index (χ3v) is 2.53. The molecule has 0 unspecified atom stereocenters. The maximum atomic E-state index is 5.63. The van der Waals surface area contributed by atoms with Gasteiger partial charge in [0.25, 0.3) is 0 Å². The Balaban J connectivity index is 1.82. The number of nitrogens with one attached hydrogen (secondary N) is 2. The van der Waals surface area contributed by atoms with Crippen molar-refractivity contribution in [3.8, 4) is 0 Å². The molecular formula is C9H13ClN4. The van der Waals surface area contributed by atoms with Crippen molar-refractivity contribution in [1.29, 1.82) is 0 Å². The molecule has 5 heteroatoms. The fraction of sp³-hybridized carbons (Fsp3) is 0.556. The van der Waals surface area contributed by atoms with E-state index < -0.39 is 0 Å². The zero-order valence-electron chi connectivity index (χ0n) is 7.83. The molecule has 1 aliphatic rings. The minimum absolute atomic E-state index is 0.426. The number of nitrogens with zero attached hydrogens (tertiary/aromatic N) is 2. The zero-order chi connectivity index (χ0) is 9.80. The average Bonchev–Trinajstić information content (AvgIpc) is 2.70. The maximum Gasteiger partial charge on any atom is 0.151 e. The first-order valence-electron chi connectivity index (χ1n) is 4.81. The van der Waals surface area contributed by atoms with Crippen LogP contribution in [0.4, 0.5) is 5.82 Å². The second kappa shape index (κ2) is 4.57. The summed E-state index contributed by atoms with van der Waals surface area (Å²) in [6.07, 6.45) is 2.49. The standard InChI is InChI=1S/C9H13ClN4/c10-8-3-4-9(14-13-8)12-6-7-2-1-5-11-7/h3-4,7,11H,1-2,5-6H2,(H,12,14)/t7-/m0/s1. The Labute approximate surface area is 88.1 Å². The van der Waals surface area contributed by atoms with Gasteiger partial charge in [0.2, 0.25) is 0 Å². The summed E-state index contributed by atoms with van der Waals surface area (Å²) in [6, 6.07) is 4.14. The predicted octanol–water partition coefficient (Wildman–Crippen LogP) is 1.29. The Hall–Kier alpha value is -0.870. The number of anilines is 1. The second-order valence-corrected chi connectivity index (χ2v) is 3.80. The summed E-state index contributed by atoms with van der Waals surface area (Å²) < 4.78 is 0. The van der Waals surface area contributed by atoms with Crippen LogP contribution in [0.5, 0.6) is 0 Å². The highest BCUT2D eigenvalue weighted by atomic mass is 35.5. The van der Waals surface area contributed by atoms with E-state index >= 15 is 0 Å². The normalized spacial score (nSPS) is 21.1. The lowest BCUT2D eigenvalue weighted by atomic mass is 10.2. The summed E-state index contributed by atoms with van der Waals surface area (Å²) in [5.41, 5.74) is 0. The van der Waals surface area contributed by atoms with Crippen LogP contribution >= 0.6 is 11.6 Å². The van der Waals surface area contributed by atoms with Crippen LogP contribution < -0.4 is 10.6 Å². The summed E-state index contributed by atoms with van der Waals surface area (Å²) in [4.78, 5) is 0. The Morgan fingerprint density at radius 1 is 1.50 bits per heavy atom. The van der Waals surface area contributed by atoms with Gasteiger partial charge in [0, 0.05) is 12.6 Å². The predicted molar refractivity (Wildman–Crippen MR) is 56.6 cm³/mol. The van der Waals surface area contributed by atoms with Crippen molar-refractivity contribution >= 4 is 17.4 Å². The van der Waals surface area contributed by atoms with Crippen molar-refractivity contribution < 1.29 is 0 Å². The van der Waals surface area contributed by atoms with Gasteiger partial charge in [-0.1, -0.05) is 11.6 Å². The molecule has 1 atom stereocenters. The molecular weight excluding hydrogens is 200 g/mol. The number of hydrogen-bond acceptors (Lipinski definition) is 4. The molecule has 0 aliphatic carbocycles. The fourth-order valence-electron chi connectivity index (χ4n) is 1.57. The van der Waals surface area contributed by atoms with Crippen LogP contribution in [0.2, 0.25) is 5.15 Å². The van der Waals surface area contributed by atoms with Crippen LogP contribution in [0.3, 0.4) is 0 Å². The number of aromatic nitrogens is 2. The van der Waals surface area contributed by atoms with E-state index in [0.717, 1.165) is 18.9 Å². The molecule has 14 heavy (non-hydrogen) atoms. The van der Waals surface area contributed by atoms with Crippen molar-refractivity contribution in [2.24, 2.45) is 0 Å². The van der Waals surface area contributed by atoms with Gasteiger partial charge in [-0.2, -0.15) is 0 Å². The second-order valence-electron chi connectivity index (χ2n) is 3.42.